The summed E-state index contributed by atoms with van der Waals surface area (Å²) in [6.07, 6.45) is 3.39. The number of aryl methyl sites for hydroxylation is 2. The van der Waals surface area contributed by atoms with Crippen LogP contribution in [-0.4, -0.2) is 22.4 Å². The van der Waals surface area contributed by atoms with Crippen molar-refractivity contribution in [1.82, 2.24) is 0 Å². The molecule has 0 aliphatic rings. The van der Waals surface area contributed by atoms with Crippen molar-refractivity contribution in [3.05, 3.63) is 82.4 Å². The number of benzene rings is 3. The van der Waals surface area contributed by atoms with E-state index < -0.39 is 0 Å². The predicted octanol–water partition coefficient (Wildman–Crippen LogP) is 5.90. The fourth-order valence-corrected chi connectivity index (χ4v) is 4.00. The van der Waals surface area contributed by atoms with Crippen LogP contribution in [0.5, 0.6) is 23.0 Å². The molecule has 0 amide bonds. The standard InChI is InChI=1S/C26H30O4/c1-4-7-17-15-19(11-13-22(17)27)25(21-9-6-10-24(30-3)26(21)29)20-12-14-23(28)18(16-20)8-5-2/h6,9-16,25,27-29H,4-5,7-8H2,1-3H3. The quantitative estimate of drug-likeness (QED) is 0.408. The molecule has 158 valence electrons. The lowest BCUT2D eigenvalue weighted by Gasteiger charge is -2.23. The highest BCUT2D eigenvalue weighted by molar-refractivity contribution is 5.56. The molecule has 3 N–H and O–H groups in total. The Labute approximate surface area is 178 Å². The molecule has 0 saturated heterocycles. The van der Waals surface area contributed by atoms with Crippen LogP contribution < -0.4 is 4.74 Å². The number of methoxy groups -OCH3 is 1. The van der Waals surface area contributed by atoms with E-state index in [2.05, 4.69) is 13.8 Å². The number of phenols is 3. The number of ether oxygens (including phenoxy) is 1. The van der Waals surface area contributed by atoms with Crippen LogP contribution in [0.2, 0.25) is 0 Å². The summed E-state index contributed by atoms with van der Waals surface area (Å²) in [4.78, 5) is 0. The van der Waals surface area contributed by atoms with Gasteiger partial charge in [-0.3, -0.25) is 0 Å². The molecule has 0 spiro atoms. The topological polar surface area (TPSA) is 69.9 Å². The van der Waals surface area contributed by atoms with E-state index in [0.29, 0.717) is 5.75 Å². The number of hydrogen-bond donors (Lipinski definition) is 3. The van der Waals surface area contributed by atoms with Gasteiger partial charge in [-0.2, -0.15) is 0 Å². The maximum absolute atomic E-state index is 10.9. The van der Waals surface area contributed by atoms with E-state index in [1.807, 2.05) is 36.4 Å². The average molecular weight is 407 g/mol. The van der Waals surface area contributed by atoms with Crippen molar-refractivity contribution in [2.75, 3.05) is 7.11 Å². The molecule has 3 rings (SSSR count). The minimum atomic E-state index is -0.271. The molecule has 4 nitrogen and oxygen atoms in total. The molecule has 3 aromatic rings. The Morgan fingerprint density at radius 2 is 1.30 bits per heavy atom. The summed E-state index contributed by atoms with van der Waals surface area (Å²) < 4.78 is 5.34. The fourth-order valence-electron chi connectivity index (χ4n) is 4.00. The second-order valence-corrected chi connectivity index (χ2v) is 7.61. The smallest absolute Gasteiger partial charge is 0.161 e. The molecule has 0 aromatic heterocycles. The van der Waals surface area contributed by atoms with Crippen LogP contribution in [0.1, 0.15) is 60.4 Å². The lowest BCUT2D eigenvalue weighted by atomic mass is 9.82. The largest absolute Gasteiger partial charge is 0.508 e. The molecule has 0 heterocycles. The van der Waals surface area contributed by atoms with Crippen LogP contribution in [-0.2, 0) is 12.8 Å². The molecule has 0 bridgehead atoms. The Bertz CT molecular complexity index is 954. The molecule has 0 aliphatic carbocycles. The van der Waals surface area contributed by atoms with Gasteiger partial charge in [0.25, 0.3) is 0 Å². The Balaban J connectivity index is 2.23. The first kappa shape index (κ1) is 21.6. The zero-order chi connectivity index (χ0) is 21.7. The van der Waals surface area contributed by atoms with Gasteiger partial charge in [-0.05, 0) is 53.3 Å². The van der Waals surface area contributed by atoms with Crippen LogP contribution in [0.25, 0.3) is 0 Å². The first-order valence-corrected chi connectivity index (χ1v) is 10.5. The summed E-state index contributed by atoms with van der Waals surface area (Å²) in [7, 11) is 1.54. The lowest BCUT2D eigenvalue weighted by molar-refractivity contribution is 0.370. The van der Waals surface area contributed by atoms with Gasteiger partial charge in [0.1, 0.15) is 11.5 Å². The van der Waals surface area contributed by atoms with Crippen LogP contribution >= 0.6 is 0 Å². The maximum atomic E-state index is 10.9. The summed E-state index contributed by atoms with van der Waals surface area (Å²) in [6, 6.07) is 16.7. The zero-order valence-corrected chi connectivity index (χ0v) is 17.9. The van der Waals surface area contributed by atoms with Gasteiger partial charge in [-0.25, -0.2) is 0 Å². The van der Waals surface area contributed by atoms with Gasteiger partial charge in [0.05, 0.1) is 7.11 Å². The second-order valence-electron chi connectivity index (χ2n) is 7.61. The molecule has 30 heavy (non-hydrogen) atoms. The van der Waals surface area contributed by atoms with Gasteiger partial charge in [-0.1, -0.05) is 63.1 Å². The van der Waals surface area contributed by atoms with Crippen molar-refractivity contribution in [2.24, 2.45) is 0 Å². The molecule has 0 fully saturated rings. The normalized spacial score (nSPS) is 11.1. The number of rotatable bonds is 8. The number of para-hydroxylation sites is 1. The van der Waals surface area contributed by atoms with Crippen molar-refractivity contribution >= 4 is 0 Å². The third-order valence-corrected chi connectivity index (χ3v) is 5.47. The summed E-state index contributed by atoms with van der Waals surface area (Å²) in [5, 5.41) is 31.5. The molecular formula is C26H30O4. The summed E-state index contributed by atoms with van der Waals surface area (Å²) in [5.41, 5.74) is 4.42. The SMILES string of the molecule is CCCc1cc(C(c2ccc(O)c(CCC)c2)c2cccc(OC)c2O)ccc1O. The molecule has 0 atom stereocenters. The van der Waals surface area contributed by atoms with Crippen molar-refractivity contribution in [3.63, 3.8) is 0 Å². The minimum absolute atomic E-state index is 0.0974. The molecular weight excluding hydrogens is 376 g/mol. The summed E-state index contributed by atoms with van der Waals surface area (Å²) in [5.74, 6) is 0.809. The Morgan fingerprint density at radius 1 is 0.767 bits per heavy atom. The van der Waals surface area contributed by atoms with Gasteiger partial charge < -0.3 is 20.1 Å². The van der Waals surface area contributed by atoms with E-state index >= 15 is 0 Å². The van der Waals surface area contributed by atoms with E-state index in [-0.39, 0.29) is 23.2 Å². The van der Waals surface area contributed by atoms with Gasteiger partial charge in [0.2, 0.25) is 0 Å². The average Bonchev–Trinajstić information content (AvgIpc) is 2.74. The number of hydrogen-bond acceptors (Lipinski definition) is 4. The van der Waals surface area contributed by atoms with E-state index in [9.17, 15) is 15.3 Å². The van der Waals surface area contributed by atoms with E-state index in [1.54, 1.807) is 18.2 Å². The third-order valence-electron chi connectivity index (χ3n) is 5.47. The van der Waals surface area contributed by atoms with Gasteiger partial charge >= 0.3 is 0 Å². The number of phenolic OH excluding ortho intramolecular Hbond substituents is 3. The summed E-state index contributed by atoms with van der Waals surface area (Å²) >= 11 is 0. The van der Waals surface area contributed by atoms with Crippen molar-refractivity contribution in [1.29, 1.82) is 0 Å². The highest BCUT2D eigenvalue weighted by atomic mass is 16.5. The third kappa shape index (κ3) is 4.38. The van der Waals surface area contributed by atoms with Crippen molar-refractivity contribution in [3.8, 4) is 23.0 Å². The maximum Gasteiger partial charge on any atom is 0.161 e. The van der Waals surface area contributed by atoms with E-state index in [4.69, 9.17) is 4.74 Å². The Hall–Kier alpha value is -3.14. The lowest BCUT2D eigenvalue weighted by Crippen LogP contribution is -2.06. The van der Waals surface area contributed by atoms with Crippen molar-refractivity contribution in [2.45, 2.75) is 45.4 Å². The molecule has 0 radical (unpaired) electrons. The molecule has 3 aromatic carbocycles. The van der Waals surface area contributed by atoms with Gasteiger partial charge in [-0.15, -0.1) is 0 Å². The van der Waals surface area contributed by atoms with Gasteiger partial charge in [0, 0.05) is 11.5 Å². The minimum Gasteiger partial charge on any atom is -0.508 e. The zero-order valence-electron chi connectivity index (χ0n) is 17.9. The first-order chi connectivity index (χ1) is 14.5. The Morgan fingerprint density at radius 3 is 1.77 bits per heavy atom. The first-order valence-electron chi connectivity index (χ1n) is 10.5. The molecule has 0 aliphatic heterocycles. The van der Waals surface area contributed by atoms with Crippen LogP contribution in [0.3, 0.4) is 0 Å². The Kier molecular flexibility index (Phi) is 6.88. The van der Waals surface area contributed by atoms with E-state index in [0.717, 1.165) is 53.5 Å². The molecule has 0 saturated carbocycles. The van der Waals surface area contributed by atoms with Crippen LogP contribution in [0.15, 0.2) is 54.6 Å². The molecule has 4 heteroatoms. The van der Waals surface area contributed by atoms with Gasteiger partial charge in [0.15, 0.2) is 11.5 Å². The van der Waals surface area contributed by atoms with Crippen molar-refractivity contribution < 1.29 is 20.1 Å². The predicted molar refractivity (Wildman–Crippen MR) is 120 cm³/mol. The number of aromatic hydroxyl groups is 3. The fraction of sp³-hybridized carbons (Fsp3) is 0.308. The summed E-state index contributed by atoms with van der Waals surface area (Å²) in [6.45, 7) is 4.16. The van der Waals surface area contributed by atoms with E-state index in [1.165, 1.54) is 7.11 Å². The monoisotopic (exact) mass is 406 g/mol. The highest BCUT2D eigenvalue weighted by Gasteiger charge is 2.23. The van der Waals surface area contributed by atoms with Crippen LogP contribution in [0, 0.1) is 0 Å². The highest BCUT2D eigenvalue weighted by Crippen LogP contribution is 2.42. The second kappa shape index (κ2) is 9.57. The van der Waals surface area contributed by atoms with Crippen LogP contribution in [0.4, 0.5) is 0 Å². The molecule has 0 unspecified atom stereocenters.